The van der Waals surface area contributed by atoms with Crippen LogP contribution in [0.25, 0.3) is 0 Å². The molecule has 1 rings (SSSR count). The summed E-state index contributed by atoms with van der Waals surface area (Å²) in [4.78, 5) is 0. The number of nitrogens with one attached hydrogen (secondary N) is 1. The SMILES string of the molecule is CCCCCCC(NC)c1ccc(C)cc1C. The highest BCUT2D eigenvalue weighted by Crippen LogP contribution is 2.23. The van der Waals surface area contributed by atoms with E-state index in [1.54, 1.807) is 0 Å². The monoisotopic (exact) mass is 233 g/mol. The molecule has 0 aliphatic carbocycles. The largest absolute Gasteiger partial charge is 0.313 e. The zero-order valence-electron chi connectivity index (χ0n) is 11.8. The zero-order chi connectivity index (χ0) is 12.7. The van der Waals surface area contributed by atoms with Crippen LogP contribution in [0.15, 0.2) is 18.2 Å². The summed E-state index contributed by atoms with van der Waals surface area (Å²) in [6, 6.07) is 7.31. The van der Waals surface area contributed by atoms with E-state index in [4.69, 9.17) is 0 Å². The second-order valence-corrected chi connectivity index (χ2v) is 5.05. The van der Waals surface area contributed by atoms with E-state index in [9.17, 15) is 0 Å². The van der Waals surface area contributed by atoms with Crippen molar-refractivity contribution in [3.63, 3.8) is 0 Å². The van der Waals surface area contributed by atoms with Gasteiger partial charge in [-0.15, -0.1) is 0 Å². The van der Waals surface area contributed by atoms with Gasteiger partial charge in [0.25, 0.3) is 0 Å². The van der Waals surface area contributed by atoms with Crippen LogP contribution in [-0.2, 0) is 0 Å². The Kier molecular flexibility index (Phi) is 6.28. The molecular weight excluding hydrogens is 206 g/mol. The molecule has 1 heteroatoms. The highest BCUT2D eigenvalue weighted by atomic mass is 14.9. The molecule has 1 unspecified atom stereocenters. The highest BCUT2D eigenvalue weighted by Gasteiger charge is 2.10. The summed E-state index contributed by atoms with van der Waals surface area (Å²) in [7, 11) is 2.07. The molecule has 0 aromatic heterocycles. The van der Waals surface area contributed by atoms with Crippen LogP contribution in [0.2, 0.25) is 0 Å². The number of rotatable bonds is 7. The first-order chi connectivity index (χ1) is 8.19. The van der Waals surface area contributed by atoms with Crippen LogP contribution in [0.1, 0.15) is 61.8 Å². The molecule has 0 saturated carbocycles. The minimum Gasteiger partial charge on any atom is -0.313 e. The lowest BCUT2D eigenvalue weighted by molar-refractivity contribution is 0.503. The summed E-state index contributed by atoms with van der Waals surface area (Å²) in [6.45, 7) is 6.64. The van der Waals surface area contributed by atoms with E-state index in [1.807, 2.05) is 0 Å². The first kappa shape index (κ1) is 14.2. The summed E-state index contributed by atoms with van der Waals surface area (Å²) in [5, 5.41) is 3.46. The Balaban J connectivity index is 2.59. The maximum Gasteiger partial charge on any atom is 0.0320 e. The molecule has 1 nitrogen and oxygen atoms in total. The van der Waals surface area contributed by atoms with Gasteiger partial charge in [0, 0.05) is 6.04 Å². The van der Waals surface area contributed by atoms with Crippen molar-refractivity contribution in [2.24, 2.45) is 0 Å². The number of aryl methyl sites for hydroxylation is 2. The minimum atomic E-state index is 0.521. The van der Waals surface area contributed by atoms with Crippen molar-refractivity contribution in [2.75, 3.05) is 7.05 Å². The Morgan fingerprint density at radius 3 is 2.47 bits per heavy atom. The molecular formula is C16H27N. The van der Waals surface area contributed by atoms with Gasteiger partial charge in [0.2, 0.25) is 0 Å². The van der Waals surface area contributed by atoms with Gasteiger partial charge in [-0.1, -0.05) is 56.4 Å². The van der Waals surface area contributed by atoms with Gasteiger partial charge < -0.3 is 5.32 Å². The van der Waals surface area contributed by atoms with Crippen molar-refractivity contribution in [3.8, 4) is 0 Å². The van der Waals surface area contributed by atoms with Crippen LogP contribution in [0.4, 0.5) is 0 Å². The summed E-state index contributed by atoms with van der Waals surface area (Å²) in [6.07, 6.45) is 6.61. The van der Waals surface area contributed by atoms with Gasteiger partial charge in [-0.25, -0.2) is 0 Å². The van der Waals surface area contributed by atoms with Gasteiger partial charge >= 0.3 is 0 Å². The molecule has 0 fully saturated rings. The molecule has 0 heterocycles. The molecule has 0 spiro atoms. The zero-order valence-corrected chi connectivity index (χ0v) is 11.8. The molecule has 0 saturated heterocycles. The maximum atomic E-state index is 3.46. The molecule has 96 valence electrons. The van der Waals surface area contributed by atoms with E-state index in [0.717, 1.165) is 0 Å². The van der Waals surface area contributed by atoms with Crippen molar-refractivity contribution in [2.45, 2.75) is 58.9 Å². The lowest BCUT2D eigenvalue weighted by atomic mass is 9.95. The quantitative estimate of drug-likeness (QED) is 0.682. The Labute approximate surface area is 107 Å². The minimum absolute atomic E-state index is 0.521. The molecule has 0 aliphatic heterocycles. The molecule has 17 heavy (non-hydrogen) atoms. The van der Waals surface area contributed by atoms with Crippen LogP contribution in [0, 0.1) is 13.8 Å². The van der Waals surface area contributed by atoms with Crippen LogP contribution < -0.4 is 5.32 Å². The lowest BCUT2D eigenvalue weighted by Gasteiger charge is -2.19. The van der Waals surface area contributed by atoms with Crippen LogP contribution in [0.5, 0.6) is 0 Å². The molecule has 1 atom stereocenters. The number of hydrogen-bond acceptors (Lipinski definition) is 1. The highest BCUT2D eigenvalue weighted by molar-refractivity contribution is 5.32. The first-order valence-electron chi connectivity index (χ1n) is 6.93. The topological polar surface area (TPSA) is 12.0 Å². The normalized spacial score (nSPS) is 12.7. The standard InChI is InChI=1S/C16H27N/c1-5-6-7-8-9-16(17-4)15-11-10-13(2)12-14(15)3/h10-12,16-17H,5-9H2,1-4H3. The van der Waals surface area contributed by atoms with Crippen LogP contribution in [-0.4, -0.2) is 7.05 Å². The van der Waals surface area contributed by atoms with Gasteiger partial charge in [-0.05, 0) is 38.4 Å². The molecule has 1 N–H and O–H groups in total. The summed E-state index contributed by atoms with van der Waals surface area (Å²) in [5.74, 6) is 0. The number of unbranched alkanes of at least 4 members (excludes halogenated alkanes) is 3. The molecule has 0 bridgehead atoms. The van der Waals surface area contributed by atoms with E-state index < -0.39 is 0 Å². The van der Waals surface area contributed by atoms with E-state index >= 15 is 0 Å². The Morgan fingerprint density at radius 2 is 1.88 bits per heavy atom. The third-order valence-corrected chi connectivity index (χ3v) is 3.50. The van der Waals surface area contributed by atoms with Crippen molar-refractivity contribution in [1.29, 1.82) is 0 Å². The summed E-state index contributed by atoms with van der Waals surface area (Å²) >= 11 is 0. The Hall–Kier alpha value is -0.820. The van der Waals surface area contributed by atoms with Gasteiger partial charge in [-0.2, -0.15) is 0 Å². The molecule has 0 amide bonds. The first-order valence-corrected chi connectivity index (χ1v) is 6.93. The Morgan fingerprint density at radius 1 is 1.12 bits per heavy atom. The molecule has 1 aromatic carbocycles. The molecule has 0 radical (unpaired) electrons. The van der Waals surface area contributed by atoms with E-state index in [2.05, 4.69) is 51.3 Å². The summed E-state index contributed by atoms with van der Waals surface area (Å²) < 4.78 is 0. The van der Waals surface area contributed by atoms with E-state index in [0.29, 0.717) is 6.04 Å². The van der Waals surface area contributed by atoms with Crippen molar-refractivity contribution >= 4 is 0 Å². The Bertz CT molecular complexity index is 330. The van der Waals surface area contributed by atoms with Gasteiger partial charge in [0.15, 0.2) is 0 Å². The average molecular weight is 233 g/mol. The third-order valence-electron chi connectivity index (χ3n) is 3.50. The van der Waals surface area contributed by atoms with Crippen molar-refractivity contribution in [3.05, 3.63) is 34.9 Å². The van der Waals surface area contributed by atoms with E-state index in [-0.39, 0.29) is 0 Å². The maximum absolute atomic E-state index is 3.46. The second-order valence-electron chi connectivity index (χ2n) is 5.05. The fourth-order valence-electron chi connectivity index (χ4n) is 2.45. The van der Waals surface area contributed by atoms with Crippen LogP contribution >= 0.6 is 0 Å². The third kappa shape index (κ3) is 4.51. The van der Waals surface area contributed by atoms with Crippen LogP contribution in [0.3, 0.4) is 0 Å². The predicted molar refractivity (Wildman–Crippen MR) is 76.5 cm³/mol. The van der Waals surface area contributed by atoms with Crippen molar-refractivity contribution in [1.82, 2.24) is 5.32 Å². The van der Waals surface area contributed by atoms with Gasteiger partial charge in [-0.3, -0.25) is 0 Å². The van der Waals surface area contributed by atoms with Crippen molar-refractivity contribution < 1.29 is 0 Å². The lowest BCUT2D eigenvalue weighted by Crippen LogP contribution is -2.17. The average Bonchev–Trinajstić information content (AvgIpc) is 2.31. The smallest absolute Gasteiger partial charge is 0.0320 e. The summed E-state index contributed by atoms with van der Waals surface area (Å²) in [5.41, 5.74) is 4.24. The van der Waals surface area contributed by atoms with E-state index in [1.165, 1.54) is 48.8 Å². The second kappa shape index (κ2) is 7.50. The fourth-order valence-corrected chi connectivity index (χ4v) is 2.45. The molecule has 0 aliphatic rings. The van der Waals surface area contributed by atoms with Gasteiger partial charge in [0.1, 0.15) is 0 Å². The predicted octanol–water partition coefficient (Wildman–Crippen LogP) is 4.53. The van der Waals surface area contributed by atoms with Gasteiger partial charge in [0.05, 0.1) is 0 Å². The number of hydrogen-bond donors (Lipinski definition) is 1. The number of benzene rings is 1. The fraction of sp³-hybridized carbons (Fsp3) is 0.625. The molecule has 1 aromatic rings.